The maximum absolute atomic E-state index is 5.47. The molecule has 1 aliphatic carbocycles. The minimum absolute atomic E-state index is 0.633. The number of hydrogen-bond acceptors (Lipinski definition) is 2. The molecular weight excluding hydrogens is 254 g/mol. The van der Waals surface area contributed by atoms with Gasteiger partial charge in [-0.1, -0.05) is 13.8 Å². The van der Waals surface area contributed by atoms with E-state index in [9.17, 15) is 0 Å². The van der Waals surface area contributed by atoms with Crippen LogP contribution in [0.25, 0.3) is 0 Å². The monoisotopic (exact) mass is 271 g/mol. The molecule has 84 valence electrons. The molecular formula is C12H18BrNO. The minimum atomic E-state index is 0.633. The molecule has 1 saturated carbocycles. The molecule has 1 aromatic rings. The van der Waals surface area contributed by atoms with Crippen LogP contribution in [-0.2, 0) is 0 Å². The molecule has 2 unspecified atom stereocenters. The standard InChI is InChI=1S/C12H18BrNO/c1-8(2)6-14-7-9-5-10(9)12-11(13)3-4-15-12/h3-4,8-10,14H,5-7H2,1-2H3. The summed E-state index contributed by atoms with van der Waals surface area (Å²) in [7, 11) is 0. The third kappa shape index (κ3) is 2.85. The lowest BCUT2D eigenvalue weighted by atomic mass is 10.2. The van der Waals surface area contributed by atoms with Gasteiger partial charge in [-0.15, -0.1) is 0 Å². The summed E-state index contributed by atoms with van der Waals surface area (Å²) in [5, 5.41) is 3.50. The van der Waals surface area contributed by atoms with Gasteiger partial charge in [-0.2, -0.15) is 0 Å². The van der Waals surface area contributed by atoms with Gasteiger partial charge in [0.15, 0.2) is 0 Å². The lowest BCUT2D eigenvalue weighted by Gasteiger charge is -2.06. The molecule has 2 rings (SSSR count). The van der Waals surface area contributed by atoms with Crippen molar-refractivity contribution in [3.05, 3.63) is 22.6 Å². The fourth-order valence-corrected chi connectivity index (χ4v) is 2.42. The summed E-state index contributed by atoms with van der Waals surface area (Å²) >= 11 is 3.51. The van der Waals surface area contributed by atoms with Crippen molar-refractivity contribution in [3.63, 3.8) is 0 Å². The van der Waals surface area contributed by atoms with E-state index in [1.807, 2.05) is 6.07 Å². The Labute approximate surface area is 99.6 Å². The molecule has 15 heavy (non-hydrogen) atoms. The predicted octanol–water partition coefficient (Wildman–Crippen LogP) is 3.39. The summed E-state index contributed by atoms with van der Waals surface area (Å²) in [5.41, 5.74) is 0. The number of rotatable bonds is 5. The first-order valence-electron chi connectivity index (χ1n) is 5.62. The Kier molecular flexibility index (Phi) is 3.52. The summed E-state index contributed by atoms with van der Waals surface area (Å²) < 4.78 is 6.60. The highest BCUT2D eigenvalue weighted by Gasteiger charge is 2.41. The first-order chi connectivity index (χ1) is 7.18. The maximum atomic E-state index is 5.47. The highest BCUT2D eigenvalue weighted by Crippen LogP contribution is 2.49. The molecule has 0 saturated heterocycles. The van der Waals surface area contributed by atoms with Crippen molar-refractivity contribution in [1.29, 1.82) is 0 Å². The molecule has 1 aliphatic rings. The Morgan fingerprint density at radius 3 is 3.00 bits per heavy atom. The zero-order valence-corrected chi connectivity index (χ0v) is 10.9. The maximum Gasteiger partial charge on any atom is 0.121 e. The van der Waals surface area contributed by atoms with E-state index in [-0.39, 0.29) is 0 Å². The number of hydrogen-bond donors (Lipinski definition) is 1. The first kappa shape index (κ1) is 11.2. The largest absolute Gasteiger partial charge is 0.468 e. The summed E-state index contributed by atoms with van der Waals surface area (Å²) in [4.78, 5) is 0. The second kappa shape index (κ2) is 4.71. The van der Waals surface area contributed by atoms with Gasteiger partial charge in [0.05, 0.1) is 10.7 Å². The quantitative estimate of drug-likeness (QED) is 0.888. The van der Waals surface area contributed by atoms with Crippen LogP contribution in [0.5, 0.6) is 0 Å². The Hall–Kier alpha value is -0.280. The Morgan fingerprint density at radius 2 is 2.40 bits per heavy atom. The van der Waals surface area contributed by atoms with Crippen LogP contribution < -0.4 is 5.32 Å². The van der Waals surface area contributed by atoms with E-state index in [4.69, 9.17) is 4.42 Å². The van der Waals surface area contributed by atoms with E-state index in [2.05, 4.69) is 35.1 Å². The van der Waals surface area contributed by atoms with Crippen molar-refractivity contribution in [2.45, 2.75) is 26.2 Å². The number of halogens is 1. The van der Waals surface area contributed by atoms with E-state index < -0.39 is 0 Å². The van der Waals surface area contributed by atoms with Gasteiger partial charge in [0.2, 0.25) is 0 Å². The van der Waals surface area contributed by atoms with Crippen molar-refractivity contribution >= 4 is 15.9 Å². The second-order valence-corrected chi connectivity index (χ2v) is 5.64. The zero-order chi connectivity index (χ0) is 10.8. The van der Waals surface area contributed by atoms with Crippen LogP contribution >= 0.6 is 15.9 Å². The third-order valence-corrected chi connectivity index (χ3v) is 3.52. The molecule has 2 nitrogen and oxygen atoms in total. The van der Waals surface area contributed by atoms with Gasteiger partial charge in [0, 0.05) is 5.92 Å². The van der Waals surface area contributed by atoms with Gasteiger partial charge in [-0.25, -0.2) is 0 Å². The topological polar surface area (TPSA) is 25.2 Å². The molecule has 0 bridgehead atoms. The fourth-order valence-electron chi connectivity index (χ4n) is 1.92. The summed E-state index contributed by atoms with van der Waals surface area (Å²) in [6.45, 7) is 6.71. The van der Waals surface area contributed by atoms with Crippen LogP contribution in [0, 0.1) is 11.8 Å². The molecule has 3 heteroatoms. The first-order valence-corrected chi connectivity index (χ1v) is 6.41. The Balaban J connectivity index is 1.75. The molecule has 1 aromatic heterocycles. The Morgan fingerprint density at radius 1 is 1.60 bits per heavy atom. The van der Waals surface area contributed by atoms with Crippen LogP contribution in [0.3, 0.4) is 0 Å². The number of nitrogens with one attached hydrogen (secondary N) is 1. The lowest BCUT2D eigenvalue weighted by Crippen LogP contribution is -2.22. The molecule has 0 spiro atoms. The zero-order valence-electron chi connectivity index (χ0n) is 9.29. The molecule has 1 fully saturated rings. The van der Waals surface area contributed by atoms with E-state index in [0.717, 1.165) is 35.2 Å². The van der Waals surface area contributed by atoms with Crippen molar-refractivity contribution in [3.8, 4) is 0 Å². The molecule has 0 radical (unpaired) electrons. The molecule has 0 amide bonds. The van der Waals surface area contributed by atoms with Crippen LogP contribution in [0.1, 0.15) is 31.9 Å². The van der Waals surface area contributed by atoms with Crippen LogP contribution in [-0.4, -0.2) is 13.1 Å². The third-order valence-electron chi connectivity index (χ3n) is 2.86. The van der Waals surface area contributed by atoms with Gasteiger partial charge in [-0.3, -0.25) is 0 Å². The van der Waals surface area contributed by atoms with E-state index in [1.165, 1.54) is 6.42 Å². The van der Waals surface area contributed by atoms with E-state index >= 15 is 0 Å². The van der Waals surface area contributed by atoms with E-state index in [1.54, 1.807) is 6.26 Å². The van der Waals surface area contributed by atoms with Crippen molar-refractivity contribution < 1.29 is 4.42 Å². The molecule has 1 N–H and O–H groups in total. The van der Waals surface area contributed by atoms with Crippen LogP contribution in [0.4, 0.5) is 0 Å². The second-order valence-electron chi connectivity index (χ2n) is 4.79. The fraction of sp³-hybridized carbons (Fsp3) is 0.667. The minimum Gasteiger partial charge on any atom is -0.468 e. The van der Waals surface area contributed by atoms with Crippen molar-refractivity contribution in [2.75, 3.05) is 13.1 Å². The smallest absolute Gasteiger partial charge is 0.121 e. The average molecular weight is 272 g/mol. The van der Waals surface area contributed by atoms with Gasteiger partial charge in [0.25, 0.3) is 0 Å². The predicted molar refractivity (Wildman–Crippen MR) is 65.0 cm³/mol. The van der Waals surface area contributed by atoms with Gasteiger partial charge >= 0.3 is 0 Å². The normalized spacial score (nSPS) is 24.8. The van der Waals surface area contributed by atoms with Gasteiger partial charge < -0.3 is 9.73 Å². The van der Waals surface area contributed by atoms with Crippen LogP contribution in [0.2, 0.25) is 0 Å². The van der Waals surface area contributed by atoms with Gasteiger partial charge in [0.1, 0.15) is 5.76 Å². The highest BCUT2D eigenvalue weighted by atomic mass is 79.9. The lowest BCUT2D eigenvalue weighted by molar-refractivity contribution is 0.488. The molecule has 0 aromatic carbocycles. The highest BCUT2D eigenvalue weighted by molar-refractivity contribution is 9.10. The summed E-state index contributed by atoms with van der Waals surface area (Å²) in [5.74, 6) is 3.27. The summed E-state index contributed by atoms with van der Waals surface area (Å²) in [6.07, 6.45) is 3.02. The average Bonchev–Trinajstić information content (AvgIpc) is 2.79. The molecule has 1 heterocycles. The van der Waals surface area contributed by atoms with Crippen molar-refractivity contribution in [1.82, 2.24) is 5.32 Å². The summed E-state index contributed by atoms with van der Waals surface area (Å²) in [6, 6.07) is 1.98. The van der Waals surface area contributed by atoms with Crippen molar-refractivity contribution in [2.24, 2.45) is 11.8 Å². The molecule has 0 aliphatic heterocycles. The SMILES string of the molecule is CC(C)CNCC1CC1c1occc1Br. The number of furan rings is 1. The Bertz CT molecular complexity index is 321. The molecule has 2 atom stereocenters. The van der Waals surface area contributed by atoms with Gasteiger partial charge in [-0.05, 0) is 53.3 Å². The van der Waals surface area contributed by atoms with Crippen LogP contribution in [0.15, 0.2) is 21.2 Å². The van der Waals surface area contributed by atoms with E-state index in [0.29, 0.717) is 5.92 Å².